The maximum absolute atomic E-state index is 3.75. The predicted molar refractivity (Wildman–Crippen MR) is 91.7 cm³/mol. The molecule has 0 bridgehead atoms. The van der Waals surface area contributed by atoms with E-state index in [0.717, 1.165) is 25.0 Å². The van der Waals surface area contributed by atoms with Gasteiger partial charge < -0.3 is 5.32 Å². The van der Waals surface area contributed by atoms with Gasteiger partial charge in [-0.3, -0.25) is 4.90 Å². The maximum Gasteiger partial charge on any atom is 0.0236 e. The van der Waals surface area contributed by atoms with Gasteiger partial charge >= 0.3 is 0 Å². The number of piperidine rings is 1. The van der Waals surface area contributed by atoms with Crippen LogP contribution in [0.2, 0.25) is 0 Å². The van der Waals surface area contributed by atoms with Gasteiger partial charge in [-0.15, -0.1) is 0 Å². The number of rotatable bonds is 6. The fourth-order valence-electron chi connectivity index (χ4n) is 3.47. The number of nitrogens with one attached hydrogen (secondary N) is 1. The molecule has 0 aromatic heterocycles. The summed E-state index contributed by atoms with van der Waals surface area (Å²) < 4.78 is 0. The largest absolute Gasteiger partial charge is 0.314 e. The Labute approximate surface area is 130 Å². The standard InChI is InChI=1S/C19H32N2/c1-5-10-20-19-9-11-21(13-17(19)6-2)14-18-12-15(3)7-8-16(18)4/h7-8,12,17,19-20H,5-6,9-11,13-14H2,1-4H3. The van der Waals surface area contributed by atoms with Gasteiger partial charge in [0, 0.05) is 19.1 Å². The van der Waals surface area contributed by atoms with Crippen molar-refractivity contribution in [3.63, 3.8) is 0 Å². The highest BCUT2D eigenvalue weighted by atomic mass is 15.1. The van der Waals surface area contributed by atoms with Crippen molar-refractivity contribution in [2.24, 2.45) is 5.92 Å². The molecule has 1 aromatic carbocycles. The van der Waals surface area contributed by atoms with Crippen LogP contribution in [0.25, 0.3) is 0 Å². The Bertz CT molecular complexity index is 441. The van der Waals surface area contributed by atoms with Crippen LogP contribution in [0.4, 0.5) is 0 Å². The van der Waals surface area contributed by atoms with Crippen molar-refractivity contribution in [3.8, 4) is 0 Å². The lowest BCUT2D eigenvalue weighted by molar-refractivity contribution is 0.128. The summed E-state index contributed by atoms with van der Waals surface area (Å²) in [6.45, 7) is 13.8. The normalized spacial score (nSPS) is 23.4. The van der Waals surface area contributed by atoms with E-state index in [9.17, 15) is 0 Å². The minimum Gasteiger partial charge on any atom is -0.314 e. The monoisotopic (exact) mass is 288 g/mol. The first-order valence-electron chi connectivity index (χ1n) is 8.65. The minimum atomic E-state index is 0.727. The van der Waals surface area contributed by atoms with Gasteiger partial charge in [0.25, 0.3) is 0 Å². The fraction of sp³-hybridized carbons (Fsp3) is 0.684. The number of likely N-dealkylation sites (tertiary alicyclic amines) is 1. The second-order valence-corrected chi connectivity index (χ2v) is 6.68. The highest BCUT2D eigenvalue weighted by Gasteiger charge is 2.27. The van der Waals surface area contributed by atoms with Crippen LogP contribution in [0.15, 0.2) is 18.2 Å². The van der Waals surface area contributed by atoms with Gasteiger partial charge in [0.05, 0.1) is 0 Å². The maximum atomic E-state index is 3.75. The highest BCUT2D eigenvalue weighted by Crippen LogP contribution is 2.23. The van der Waals surface area contributed by atoms with Crippen LogP contribution in [0, 0.1) is 19.8 Å². The fourth-order valence-corrected chi connectivity index (χ4v) is 3.47. The van der Waals surface area contributed by atoms with Crippen molar-refractivity contribution in [2.45, 2.75) is 59.5 Å². The van der Waals surface area contributed by atoms with Gasteiger partial charge in [0.2, 0.25) is 0 Å². The minimum absolute atomic E-state index is 0.727. The summed E-state index contributed by atoms with van der Waals surface area (Å²) in [5.74, 6) is 0.801. The molecule has 2 atom stereocenters. The average molecular weight is 288 g/mol. The third-order valence-electron chi connectivity index (χ3n) is 4.90. The van der Waals surface area contributed by atoms with Crippen LogP contribution < -0.4 is 5.32 Å². The van der Waals surface area contributed by atoms with Crippen molar-refractivity contribution < 1.29 is 0 Å². The molecule has 1 N–H and O–H groups in total. The molecule has 1 fully saturated rings. The Kier molecular flexibility index (Phi) is 6.25. The van der Waals surface area contributed by atoms with E-state index >= 15 is 0 Å². The zero-order valence-electron chi connectivity index (χ0n) is 14.3. The Balaban J connectivity index is 1.95. The van der Waals surface area contributed by atoms with E-state index in [1.54, 1.807) is 0 Å². The molecule has 2 heteroatoms. The Morgan fingerprint density at radius 2 is 2.05 bits per heavy atom. The molecule has 2 unspecified atom stereocenters. The molecule has 0 saturated carbocycles. The van der Waals surface area contributed by atoms with Crippen LogP contribution in [-0.2, 0) is 6.54 Å². The van der Waals surface area contributed by atoms with Gasteiger partial charge in [-0.1, -0.05) is 44.0 Å². The molecule has 0 spiro atoms. The number of benzene rings is 1. The molecule has 1 aromatic rings. The number of nitrogens with zero attached hydrogens (tertiary/aromatic N) is 1. The Morgan fingerprint density at radius 3 is 2.76 bits per heavy atom. The summed E-state index contributed by atoms with van der Waals surface area (Å²) >= 11 is 0. The molecule has 21 heavy (non-hydrogen) atoms. The SMILES string of the molecule is CCCNC1CCN(Cc2cc(C)ccc2C)CC1CC. The van der Waals surface area contributed by atoms with Crippen molar-refractivity contribution in [1.29, 1.82) is 0 Å². The van der Waals surface area contributed by atoms with E-state index in [2.05, 4.69) is 56.1 Å². The zero-order valence-corrected chi connectivity index (χ0v) is 14.3. The molecule has 0 radical (unpaired) electrons. The van der Waals surface area contributed by atoms with Crippen molar-refractivity contribution in [2.75, 3.05) is 19.6 Å². The topological polar surface area (TPSA) is 15.3 Å². The van der Waals surface area contributed by atoms with E-state index in [1.807, 2.05) is 0 Å². The lowest BCUT2D eigenvalue weighted by Crippen LogP contribution is -2.49. The molecule has 1 aliphatic rings. The highest BCUT2D eigenvalue weighted by molar-refractivity contribution is 5.30. The Hall–Kier alpha value is -0.860. The molecule has 2 rings (SSSR count). The summed E-state index contributed by atoms with van der Waals surface area (Å²) in [5, 5.41) is 3.75. The van der Waals surface area contributed by atoms with Gasteiger partial charge in [-0.25, -0.2) is 0 Å². The van der Waals surface area contributed by atoms with Crippen molar-refractivity contribution in [1.82, 2.24) is 10.2 Å². The van der Waals surface area contributed by atoms with Crippen molar-refractivity contribution in [3.05, 3.63) is 34.9 Å². The number of aryl methyl sites for hydroxylation is 2. The quantitative estimate of drug-likeness (QED) is 0.854. The van der Waals surface area contributed by atoms with Crippen LogP contribution in [0.1, 0.15) is 49.8 Å². The summed E-state index contributed by atoms with van der Waals surface area (Å²) in [6.07, 6.45) is 3.81. The smallest absolute Gasteiger partial charge is 0.0236 e. The van der Waals surface area contributed by atoms with E-state index in [-0.39, 0.29) is 0 Å². The average Bonchev–Trinajstić information content (AvgIpc) is 2.49. The lowest BCUT2D eigenvalue weighted by atomic mass is 9.89. The Morgan fingerprint density at radius 1 is 1.24 bits per heavy atom. The second kappa shape index (κ2) is 7.95. The van der Waals surface area contributed by atoms with Crippen LogP contribution in [0.5, 0.6) is 0 Å². The molecule has 0 amide bonds. The summed E-state index contributed by atoms with van der Waals surface area (Å²) in [7, 11) is 0. The summed E-state index contributed by atoms with van der Waals surface area (Å²) in [4.78, 5) is 2.65. The van der Waals surface area contributed by atoms with Crippen LogP contribution in [0.3, 0.4) is 0 Å². The second-order valence-electron chi connectivity index (χ2n) is 6.68. The first-order chi connectivity index (χ1) is 10.1. The summed E-state index contributed by atoms with van der Waals surface area (Å²) in [6, 6.07) is 7.56. The van der Waals surface area contributed by atoms with Crippen LogP contribution >= 0.6 is 0 Å². The first kappa shape index (κ1) is 16.5. The van der Waals surface area contributed by atoms with Crippen molar-refractivity contribution >= 4 is 0 Å². The van der Waals surface area contributed by atoms with E-state index < -0.39 is 0 Å². The zero-order chi connectivity index (χ0) is 15.2. The van der Waals surface area contributed by atoms with Gasteiger partial charge in [-0.2, -0.15) is 0 Å². The lowest BCUT2D eigenvalue weighted by Gasteiger charge is -2.39. The molecule has 2 nitrogen and oxygen atoms in total. The molecule has 1 aliphatic heterocycles. The van der Waals surface area contributed by atoms with E-state index in [0.29, 0.717) is 0 Å². The van der Waals surface area contributed by atoms with Gasteiger partial charge in [0.1, 0.15) is 0 Å². The predicted octanol–water partition coefficient (Wildman–Crippen LogP) is 3.90. The molecular formula is C19H32N2. The van der Waals surface area contributed by atoms with Gasteiger partial charge in [0.15, 0.2) is 0 Å². The molecule has 0 aliphatic carbocycles. The third kappa shape index (κ3) is 4.55. The molecule has 118 valence electrons. The van der Waals surface area contributed by atoms with Gasteiger partial charge in [-0.05, 0) is 56.8 Å². The number of hydrogen-bond donors (Lipinski definition) is 1. The van der Waals surface area contributed by atoms with E-state index in [1.165, 1.54) is 49.0 Å². The van der Waals surface area contributed by atoms with E-state index in [4.69, 9.17) is 0 Å². The third-order valence-corrected chi connectivity index (χ3v) is 4.90. The molecule has 1 saturated heterocycles. The summed E-state index contributed by atoms with van der Waals surface area (Å²) in [5.41, 5.74) is 4.31. The first-order valence-corrected chi connectivity index (χ1v) is 8.65. The number of hydrogen-bond acceptors (Lipinski definition) is 2. The molecular weight excluding hydrogens is 256 g/mol. The molecule has 1 heterocycles. The van der Waals surface area contributed by atoms with Crippen LogP contribution in [-0.4, -0.2) is 30.6 Å².